The van der Waals surface area contributed by atoms with E-state index in [9.17, 15) is 22.4 Å². The molecule has 3 aromatic carbocycles. The van der Waals surface area contributed by atoms with Gasteiger partial charge in [0.15, 0.2) is 9.84 Å². The Morgan fingerprint density at radius 2 is 1.64 bits per heavy atom. The lowest BCUT2D eigenvalue weighted by Crippen LogP contribution is -2.54. The van der Waals surface area contributed by atoms with Gasteiger partial charge in [-0.1, -0.05) is 36.4 Å². The highest BCUT2D eigenvalue weighted by Crippen LogP contribution is 2.52. The molecule has 5 rings (SSSR count). The van der Waals surface area contributed by atoms with Gasteiger partial charge in [-0.3, -0.25) is 14.5 Å². The fraction of sp³-hybridized carbons (Fsp3) is 0.200. The fourth-order valence-electron chi connectivity index (χ4n) is 4.95. The Morgan fingerprint density at radius 1 is 0.939 bits per heavy atom. The van der Waals surface area contributed by atoms with Crippen molar-refractivity contribution in [2.45, 2.75) is 25.3 Å². The van der Waals surface area contributed by atoms with E-state index in [0.717, 1.165) is 16.0 Å². The van der Waals surface area contributed by atoms with Gasteiger partial charge in [-0.15, -0.1) is 0 Å². The molecule has 0 aliphatic carbocycles. The van der Waals surface area contributed by atoms with Crippen LogP contribution in [0.5, 0.6) is 0 Å². The molecule has 3 aromatic rings. The Balaban J connectivity index is 1.75. The third kappa shape index (κ3) is 3.01. The number of hydrogen-bond acceptors (Lipinski definition) is 4. The summed E-state index contributed by atoms with van der Waals surface area (Å²) in [6, 6.07) is 17.7. The van der Waals surface area contributed by atoms with Gasteiger partial charge in [-0.2, -0.15) is 0 Å². The summed E-state index contributed by atoms with van der Waals surface area (Å²) >= 11 is 0. The standard InChI is InChI=1S/C25H21FN2O4S/c1-16-10-17(2)12-20(11-16)28-23(29)15-33(31,32)25(28)21-8-3-4-9-22(21)27(24(25)30)14-18-6-5-7-19(26)13-18/h3-13H,14-15H2,1-2H3/t25-/m0/s1. The van der Waals surface area contributed by atoms with Gasteiger partial charge in [0, 0.05) is 11.3 Å². The normalized spacial score (nSPS) is 21.2. The highest BCUT2D eigenvalue weighted by atomic mass is 32.2. The molecule has 1 fully saturated rings. The number of benzene rings is 3. The number of amides is 2. The van der Waals surface area contributed by atoms with Crippen molar-refractivity contribution in [2.24, 2.45) is 0 Å². The van der Waals surface area contributed by atoms with Gasteiger partial charge in [0.1, 0.15) is 11.6 Å². The molecule has 1 atom stereocenters. The molecule has 6 nitrogen and oxygen atoms in total. The molecule has 2 amide bonds. The molecule has 0 aromatic heterocycles. The predicted molar refractivity (Wildman–Crippen MR) is 123 cm³/mol. The second kappa shape index (κ2) is 7.25. The number of fused-ring (bicyclic) bond motifs is 2. The first-order valence-corrected chi connectivity index (χ1v) is 12.1. The van der Waals surface area contributed by atoms with Crippen LogP contribution in [0.15, 0.2) is 66.7 Å². The third-order valence-corrected chi connectivity index (χ3v) is 8.22. The number of sulfone groups is 1. The lowest BCUT2D eigenvalue weighted by atomic mass is 10.0. The smallest absolute Gasteiger partial charge is 0.274 e. The Hall–Kier alpha value is -3.52. The van der Waals surface area contributed by atoms with Gasteiger partial charge in [0.05, 0.1) is 12.2 Å². The number of para-hydroxylation sites is 1. The van der Waals surface area contributed by atoms with Crippen molar-refractivity contribution in [1.29, 1.82) is 0 Å². The average Bonchev–Trinajstić information content (AvgIpc) is 3.10. The lowest BCUT2D eigenvalue weighted by molar-refractivity contribution is -0.123. The maximum atomic E-state index is 14.0. The van der Waals surface area contributed by atoms with E-state index in [0.29, 0.717) is 16.9 Å². The number of carbonyl (C=O) groups excluding carboxylic acids is 2. The Bertz CT molecular complexity index is 1420. The molecular formula is C25H21FN2O4S. The lowest BCUT2D eigenvalue weighted by Gasteiger charge is -2.33. The molecular weight excluding hydrogens is 443 g/mol. The summed E-state index contributed by atoms with van der Waals surface area (Å²) in [5.74, 6) is -2.62. The number of rotatable bonds is 3. The van der Waals surface area contributed by atoms with Crippen molar-refractivity contribution in [2.75, 3.05) is 15.6 Å². The molecule has 0 bridgehead atoms. The molecule has 168 valence electrons. The van der Waals surface area contributed by atoms with Gasteiger partial charge in [-0.05, 0) is 60.9 Å². The van der Waals surface area contributed by atoms with Gasteiger partial charge in [0.2, 0.25) is 5.91 Å². The van der Waals surface area contributed by atoms with Crippen LogP contribution in [-0.4, -0.2) is 26.0 Å². The Kier molecular flexibility index (Phi) is 4.68. The predicted octanol–water partition coefficient (Wildman–Crippen LogP) is 3.60. The first-order valence-electron chi connectivity index (χ1n) is 10.4. The average molecular weight is 465 g/mol. The summed E-state index contributed by atoms with van der Waals surface area (Å²) < 4.78 is 41.0. The fourth-order valence-corrected chi connectivity index (χ4v) is 6.98. The molecule has 1 saturated heterocycles. The van der Waals surface area contributed by atoms with Crippen molar-refractivity contribution < 1.29 is 22.4 Å². The number of aryl methyl sites for hydroxylation is 2. The molecule has 0 N–H and O–H groups in total. The maximum Gasteiger partial charge on any atom is 0.274 e. The van der Waals surface area contributed by atoms with Crippen LogP contribution in [0.2, 0.25) is 0 Å². The SMILES string of the molecule is Cc1cc(C)cc(N2C(=O)CS(=O)(=O)[C@@]23C(=O)N(Cc2cccc(F)c2)c2ccccc23)c1. The summed E-state index contributed by atoms with van der Waals surface area (Å²) in [5.41, 5.74) is 3.17. The van der Waals surface area contributed by atoms with E-state index in [2.05, 4.69) is 0 Å². The number of carbonyl (C=O) groups is 2. The Labute approximate surface area is 191 Å². The highest BCUT2D eigenvalue weighted by molar-refractivity contribution is 7.94. The summed E-state index contributed by atoms with van der Waals surface area (Å²) in [4.78, 5) is 27.5. The molecule has 1 spiro atoms. The molecule has 2 heterocycles. The van der Waals surface area contributed by atoms with Crippen molar-refractivity contribution >= 4 is 33.0 Å². The highest BCUT2D eigenvalue weighted by Gasteiger charge is 2.69. The third-order valence-electron chi connectivity index (χ3n) is 6.12. The molecule has 8 heteroatoms. The second-order valence-electron chi connectivity index (χ2n) is 8.52. The largest absolute Gasteiger partial charge is 0.304 e. The van der Waals surface area contributed by atoms with Crippen LogP contribution < -0.4 is 9.80 Å². The van der Waals surface area contributed by atoms with E-state index in [1.807, 2.05) is 19.9 Å². The van der Waals surface area contributed by atoms with Crippen molar-refractivity contribution in [1.82, 2.24) is 0 Å². The molecule has 0 radical (unpaired) electrons. The van der Waals surface area contributed by atoms with E-state index < -0.39 is 38.1 Å². The van der Waals surface area contributed by atoms with E-state index in [1.165, 1.54) is 23.1 Å². The van der Waals surface area contributed by atoms with Crippen LogP contribution in [0.1, 0.15) is 22.3 Å². The summed E-state index contributed by atoms with van der Waals surface area (Å²) in [5, 5.41) is 0. The number of nitrogens with zero attached hydrogens (tertiary/aromatic N) is 2. The van der Waals surface area contributed by atoms with Crippen molar-refractivity contribution in [3.63, 3.8) is 0 Å². The van der Waals surface area contributed by atoms with Crippen LogP contribution in [-0.2, 0) is 30.8 Å². The van der Waals surface area contributed by atoms with Gasteiger partial charge in [-0.25, -0.2) is 12.8 Å². The van der Waals surface area contributed by atoms with Crippen LogP contribution in [0.25, 0.3) is 0 Å². The van der Waals surface area contributed by atoms with Crippen molar-refractivity contribution in [3.05, 3.63) is 94.8 Å². The first kappa shape index (κ1) is 21.3. The zero-order valence-corrected chi connectivity index (χ0v) is 18.9. The van der Waals surface area contributed by atoms with Crippen LogP contribution in [0, 0.1) is 19.7 Å². The summed E-state index contributed by atoms with van der Waals surface area (Å²) in [6.07, 6.45) is 0. The Morgan fingerprint density at radius 3 is 2.33 bits per heavy atom. The number of anilines is 2. The molecule has 0 saturated carbocycles. The molecule has 2 aliphatic rings. The molecule has 0 unspecified atom stereocenters. The van der Waals surface area contributed by atoms with Gasteiger partial charge >= 0.3 is 0 Å². The van der Waals surface area contributed by atoms with Gasteiger partial charge < -0.3 is 4.90 Å². The van der Waals surface area contributed by atoms with E-state index in [1.54, 1.807) is 42.5 Å². The minimum absolute atomic E-state index is 0.0280. The molecule has 2 aliphatic heterocycles. The van der Waals surface area contributed by atoms with Crippen molar-refractivity contribution in [3.8, 4) is 0 Å². The van der Waals surface area contributed by atoms with Gasteiger partial charge in [0.25, 0.3) is 10.8 Å². The summed E-state index contributed by atoms with van der Waals surface area (Å²) in [7, 11) is -4.24. The van der Waals surface area contributed by atoms with Crippen LogP contribution in [0.3, 0.4) is 0 Å². The number of halogens is 1. The van der Waals surface area contributed by atoms with E-state index in [-0.39, 0.29) is 12.1 Å². The zero-order chi connectivity index (χ0) is 23.5. The summed E-state index contributed by atoms with van der Waals surface area (Å²) in [6.45, 7) is 3.66. The zero-order valence-electron chi connectivity index (χ0n) is 18.1. The topological polar surface area (TPSA) is 74.8 Å². The van der Waals surface area contributed by atoms with Crippen LogP contribution >= 0.6 is 0 Å². The van der Waals surface area contributed by atoms with E-state index >= 15 is 0 Å². The quantitative estimate of drug-likeness (QED) is 0.594. The van der Waals surface area contributed by atoms with Crippen LogP contribution in [0.4, 0.5) is 15.8 Å². The minimum Gasteiger partial charge on any atom is -0.304 e. The molecule has 33 heavy (non-hydrogen) atoms. The monoisotopic (exact) mass is 464 g/mol. The minimum atomic E-state index is -4.24. The van der Waals surface area contributed by atoms with E-state index in [4.69, 9.17) is 0 Å². The maximum absolute atomic E-state index is 14.0. The number of hydrogen-bond donors (Lipinski definition) is 0. The first-order chi connectivity index (χ1) is 15.6. The second-order valence-corrected chi connectivity index (χ2v) is 10.6.